The molecule has 18 heavy (non-hydrogen) atoms. The van der Waals surface area contributed by atoms with Crippen molar-refractivity contribution >= 4 is 11.6 Å². The van der Waals surface area contributed by atoms with Crippen LogP contribution in [0, 0.1) is 16.7 Å². The molecule has 0 atom stereocenters. The maximum atomic E-state index is 11.9. The number of aliphatic imine (C=N–C) groups is 1. The molecule has 0 radical (unpaired) electrons. The summed E-state index contributed by atoms with van der Waals surface area (Å²) in [5.74, 6) is -0.104. The quantitative estimate of drug-likeness (QED) is 0.700. The van der Waals surface area contributed by atoms with Gasteiger partial charge < -0.3 is 0 Å². The van der Waals surface area contributed by atoms with Crippen LogP contribution in [-0.2, 0) is 11.2 Å². The Bertz CT molecular complexity index is 571. The minimum Gasteiger partial charge on any atom is -0.272 e. The zero-order valence-corrected chi connectivity index (χ0v) is 10.9. The zero-order chi connectivity index (χ0) is 13.3. The number of amides is 1. The Labute approximate surface area is 107 Å². The van der Waals surface area contributed by atoms with Crippen molar-refractivity contribution < 1.29 is 4.79 Å². The van der Waals surface area contributed by atoms with Crippen molar-refractivity contribution in [1.29, 1.82) is 5.26 Å². The maximum Gasteiger partial charge on any atom is 0.251 e. The molecule has 0 heterocycles. The van der Waals surface area contributed by atoms with Gasteiger partial charge in [0, 0.05) is 11.0 Å². The number of carbonyl (C=O) groups excluding carboxylic acids is 1. The smallest absolute Gasteiger partial charge is 0.251 e. The lowest BCUT2D eigenvalue weighted by atomic mass is 9.96. The molecule has 0 spiro atoms. The Hall–Kier alpha value is -1.95. The van der Waals surface area contributed by atoms with Gasteiger partial charge >= 0.3 is 0 Å². The van der Waals surface area contributed by atoms with Gasteiger partial charge in [0.15, 0.2) is 0 Å². The largest absolute Gasteiger partial charge is 0.272 e. The number of rotatable bonds is 0. The first kappa shape index (κ1) is 12.5. The summed E-state index contributed by atoms with van der Waals surface area (Å²) in [5, 5.41) is 9.04. The predicted molar refractivity (Wildman–Crippen MR) is 70.5 cm³/mol. The molecule has 0 bridgehead atoms. The van der Waals surface area contributed by atoms with E-state index < -0.39 is 5.41 Å². The van der Waals surface area contributed by atoms with Gasteiger partial charge in [-0.3, -0.25) is 4.79 Å². The van der Waals surface area contributed by atoms with Gasteiger partial charge in [-0.1, -0.05) is 32.9 Å². The van der Waals surface area contributed by atoms with Crippen LogP contribution in [0.2, 0.25) is 0 Å². The average Bonchev–Trinajstić information content (AvgIpc) is 2.71. The van der Waals surface area contributed by atoms with Crippen molar-refractivity contribution in [3.8, 4) is 6.07 Å². The van der Waals surface area contributed by atoms with E-state index in [0.29, 0.717) is 5.56 Å². The van der Waals surface area contributed by atoms with E-state index in [0.717, 1.165) is 29.7 Å². The average molecular weight is 240 g/mol. The molecule has 1 aliphatic rings. The number of carbonyl (C=O) groups is 1. The van der Waals surface area contributed by atoms with Crippen LogP contribution in [0.15, 0.2) is 23.2 Å². The molecule has 0 fully saturated rings. The minimum absolute atomic E-state index is 0.104. The number of fused-ring (bicyclic) bond motifs is 1. The van der Waals surface area contributed by atoms with Crippen LogP contribution in [0.1, 0.15) is 43.9 Å². The number of nitrogens with zero attached hydrogens (tertiary/aromatic N) is 2. The lowest BCUT2D eigenvalue weighted by Crippen LogP contribution is -2.19. The molecule has 1 aromatic carbocycles. The van der Waals surface area contributed by atoms with Crippen molar-refractivity contribution in [1.82, 2.24) is 0 Å². The first-order chi connectivity index (χ1) is 8.43. The molecule has 0 N–H and O–H groups in total. The predicted octanol–water partition coefficient (Wildman–Crippen LogP) is 2.87. The van der Waals surface area contributed by atoms with E-state index in [4.69, 9.17) is 5.26 Å². The summed E-state index contributed by atoms with van der Waals surface area (Å²) in [5.41, 5.74) is 3.05. The lowest BCUT2D eigenvalue weighted by molar-refractivity contribution is -0.124. The van der Waals surface area contributed by atoms with E-state index in [1.165, 1.54) is 0 Å². The molecule has 1 aliphatic carbocycles. The van der Waals surface area contributed by atoms with E-state index in [2.05, 4.69) is 11.1 Å². The molecular weight excluding hydrogens is 224 g/mol. The molecule has 3 heteroatoms. The van der Waals surface area contributed by atoms with E-state index in [-0.39, 0.29) is 5.91 Å². The maximum absolute atomic E-state index is 11.9. The first-order valence-electron chi connectivity index (χ1n) is 6.08. The third kappa shape index (κ3) is 2.19. The van der Waals surface area contributed by atoms with Crippen LogP contribution in [0.4, 0.5) is 0 Å². The van der Waals surface area contributed by atoms with E-state index in [1.807, 2.05) is 39.0 Å². The Morgan fingerprint density at radius 3 is 2.67 bits per heavy atom. The number of hydrogen-bond acceptors (Lipinski definition) is 2. The Morgan fingerprint density at radius 2 is 2.06 bits per heavy atom. The Kier molecular flexibility index (Phi) is 3.04. The molecule has 0 aliphatic heterocycles. The fraction of sp³-hybridized carbons (Fsp3) is 0.400. The van der Waals surface area contributed by atoms with Crippen LogP contribution in [0.3, 0.4) is 0 Å². The Balaban J connectivity index is 2.42. The lowest BCUT2D eigenvalue weighted by Gasteiger charge is -2.13. The van der Waals surface area contributed by atoms with E-state index in [9.17, 15) is 4.79 Å². The summed E-state index contributed by atoms with van der Waals surface area (Å²) in [4.78, 5) is 16.2. The number of benzene rings is 1. The van der Waals surface area contributed by atoms with Crippen LogP contribution >= 0.6 is 0 Å². The topological polar surface area (TPSA) is 53.2 Å². The van der Waals surface area contributed by atoms with Gasteiger partial charge in [0.25, 0.3) is 5.91 Å². The van der Waals surface area contributed by atoms with Gasteiger partial charge in [-0.25, -0.2) is 4.99 Å². The van der Waals surface area contributed by atoms with Crippen LogP contribution in [-0.4, -0.2) is 11.6 Å². The molecular formula is C15H16N2O. The standard InChI is InChI=1S/C15H16N2O/c1-15(2,3)14(18)17-13-8-7-11-10(9-16)5-4-6-12(11)13/h4-6H,7-8H2,1-3H3. The molecule has 2 rings (SSSR count). The van der Waals surface area contributed by atoms with Crippen molar-refractivity contribution in [2.24, 2.45) is 10.4 Å². The van der Waals surface area contributed by atoms with Crippen molar-refractivity contribution in [3.05, 3.63) is 34.9 Å². The minimum atomic E-state index is -0.456. The molecule has 0 saturated carbocycles. The second-order valence-corrected chi connectivity index (χ2v) is 5.56. The molecule has 1 aromatic rings. The first-order valence-corrected chi connectivity index (χ1v) is 6.08. The highest BCUT2D eigenvalue weighted by Crippen LogP contribution is 2.27. The second kappa shape index (κ2) is 4.38. The highest BCUT2D eigenvalue weighted by molar-refractivity contribution is 6.10. The normalized spacial score (nSPS) is 16.4. The van der Waals surface area contributed by atoms with E-state index >= 15 is 0 Å². The molecule has 3 nitrogen and oxygen atoms in total. The highest BCUT2D eigenvalue weighted by Gasteiger charge is 2.25. The number of nitriles is 1. The van der Waals surface area contributed by atoms with E-state index in [1.54, 1.807) is 0 Å². The van der Waals surface area contributed by atoms with Gasteiger partial charge in [-0.15, -0.1) is 0 Å². The zero-order valence-electron chi connectivity index (χ0n) is 10.9. The summed E-state index contributed by atoms with van der Waals surface area (Å²) >= 11 is 0. The van der Waals surface area contributed by atoms with Gasteiger partial charge in [0.2, 0.25) is 0 Å². The molecule has 0 unspecified atom stereocenters. The van der Waals surface area contributed by atoms with Gasteiger partial charge in [-0.05, 0) is 24.5 Å². The summed E-state index contributed by atoms with van der Waals surface area (Å²) in [7, 11) is 0. The number of hydrogen-bond donors (Lipinski definition) is 0. The SMILES string of the molecule is CC(C)(C)C(=O)N=C1CCc2c(C#N)cccc21. The monoisotopic (exact) mass is 240 g/mol. The fourth-order valence-electron chi connectivity index (χ4n) is 2.02. The van der Waals surface area contributed by atoms with Crippen LogP contribution in [0.5, 0.6) is 0 Å². The van der Waals surface area contributed by atoms with Crippen molar-refractivity contribution in [2.75, 3.05) is 0 Å². The van der Waals surface area contributed by atoms with Crippen LogP contribution in [0.25, 0.3) is 0 Å². The van der Waals surface area contributed by atoms with Crippen molar-refractivity contribution in [2.45, 2.75) is 33.6 Å². The summed E-state index contributed by atoms with van der Waals surface area (Å²) in [6.07, 6.45) is 1.55. The fourth-order valence-corrected chi connectivity index (χ4v) is 2.02. The summed E-state index contributed by atoms with van der Waals surface area (Å²) in [6, 6.07) is 7.79. The summed E-state index contributed by atoms with van der Waals surface area (Å²) < 4.78 is 0. The van der Waals surface area contributed by atoms with Gasteiger partial charge in [0.1, 0.15) is 0 Å². The molecule has 0 aromatic heterocycles. The van der Waals surface area contributed by atoms with Crippen molar-refractivity contribution in [3.63, 3.8) is 0 Å². The molecule has 92 valence electrons. The highest BCUT2D eigenvalue weighted by atomic mass is 16.1. The third-order valence-corrected chi connectivity index (χ3v) is 3.10. The molecule has 1 amide bonds. The second-order valence-electron chi connectivity index (χ2n) is 5.56. The van der Waals surface area contributed by atoms with Gasteiger partial charge in [-0.2, -0.15) is 5.26 Å². The molecule has 0 saturated heterocycles. The third-order valence-electron chi connectivity index (χ3n) is 3.10. The summed E-state index contributed by atoms with van der Waals surface area (Å²) in [6.45, 7) is 5.59. The van der Waals surface area contributed by atoms with Crippen LogP contribution < -0.4 is 0 Å². The van der Waals surface area contributed by atoms with Gasteiger partial charge in [0.05, 0.1) is 17.3 Å². The Morgan fingerprint density at radius 1 is 1.33 bits per heavy atom.